The highest BCUT2D eigenvalue weighted by atomic mass is 19.1. The van der Waals surface area contributed by atoms with Gasteiger partial charge in [0.2, 0.25) is 5.91 Å². The zero-order valence-electron chi connectivity index (χ0n) is 21.6. The lowest BCUT2D eigenvalue weighted by Gasteiger charge is -2.35. The molecule has 4 unspecified atom stereocenters. The summed E-state index contributed by atoms with van der Waals surface area (Å²) >= 11 is 0. The van der Waals surface area contributed by atoms with E-state index in [1.807, 2.05) is 0 Å². The molecule has 2 aromatic carbocycles. The number of benzene rings is 2. The van der Waals surface area contributed by atoms with Crippen LogP contribution in [0.4, 0.5) is 9.18 Å². The van der Waals surface area contributed by atoms with Gasteiger partial charge >= 0.3 is 12.1 Å². The largest absolute Gasteiger partial charge is 0.444 e. The second-order valence-electron chi connectivity index (χ2n) is 11.2. The summed E-state index contributed by atoms with van der Waals surface area (Å²) < 4.78 is 25.7. The Bertz CT molecular complexity index is 1340. The van der Waals surface area contributed by atoms with Crippen LogP contribution in [0.15, 0.2) is 36.4 Å². The third kappa shape index (κ3) is 5.08. The molecule has 8 nitrogen and oxygen atoms in total. The van der Waals surface area contributed by atoms with Gasteiger partial charge in [-0.05, 0) is 80.8 Å². The summed E-state index contributed by atoms with van der Waals surface area (Å²) in [6.45, 7) is 5.33. The predicted octanol–water partition coefficient (Wildman–Crippen LogP) is 4.29. The molecule has 0 aromatic heterocycles. The van der Waals surface area contributed by atoms with E-state index in [1.54, 1.807) is 51.1 Å². The summed E-state index contributed by atoms with van der Waals surface area (Å²) in [5.74, 6) is -0.704. The lowest BCUT2D eigenvalue weighted by Crippen LogP contribution is -2.55. The van der Waals surface area contributed by atoms with Gasteiger partial charge in [-0.2, -0.15) is 5.26 Å². The van der Waals surface area contributed by atoms with E-state index in [0.29, 0.717) is 11.3 Å². The molecule has 2 aliphatic heterocycles. The fourth-order valence-electron chi connectivity index (χ4n) is 5.71. The van der Waals surface area contributed by atoms with Gasteiger partial charge in [0.15, 0.2) is 0 Å². The number of nitrogens with one attached hydrogen (secondary N) is 1. The maximum Gasteiger partial charge on any atom is 0.411 e. The summed E-state index contributed by atoms with van der Waals surface area (Å²) in [7, 11) is 0. The molecule has 2 heterocycles. The van der Waals surface area contributed by atoms with E-state index in [1.165, 1.54) is 11.0 Å². The van der Waals surface area contributed by atoms with Crippen molar-refractivity contribution < 1.29 is 28.2 Å². The van der Waals surface area contributed by atoms with Crippen molar-refractivity contribution in [2.45, 2.75) is 76.6 Å². The number of fused-ring (bicyclic) bond motifs is 3. The Kier molecular flexibility index (Phi) is 6.59. The van der Waals surface area contributed by atoms with Gasteiger partial charge < -0.3 is 14.8 Å². The molecule has 38 heavy (non-hydrogen) atoms. The van der Waals surface area contributed by atoms with Crippen molar-refractivity contribution in [2.24, 2.45) is 5.92 Å². The van der Waals surface area contributed by atoms with E-state index in [4.69, 9.17) is 9.47 Å². The van der Waals surface area contributed by atoms with Gasteiger partial charge in [-0.3, -0.25) is 14.5 Å². The highest BCUT2D eigenvalue weighted by Crippen LogP contribution is 2.43. The Labute approximate surface area is 220 Å². The molecular weight excluding hydrogens is 489 g/mol. The number of hydrogen-bond donors (Lipinski definition) is 1. The van der Waals surface area contributed by atoms with Gasteiger partial charge in [-0.15, -0.1) is 0 Å². The fraction of sp³-hybridized carbons (Fsp3) is 0.448. The number of carbonyl (C=O) groups is 3. The van der Waals surface area contributed by atoms with Crippen molar-refractivity contribution in [3.05, 3.63) is 53.3 Å². The van der Waals surface area contributed by atoms with E-state index >= 15 is 4.39 Å². The van der Waals surface area contributed by atoms with Crippen LogP contribution in [0.25, 0.3) is 11.1 Å². The van der Waals surface area contributed by atoms with Gasteiger partial charge in [0.05, 0.1) is 12.5 Å². The van der Waals surface area contributed by atoms with Gasteiger partial charge in [0.1, 0.15) is 29.3 Å². The van der Waals surface area contributed by atoms with Gasteiger partial charge in [-0.1, -0.05) is 18.2 Å². The second-order valence-corrected chi connectivity index (χ2v) is 11.2. The monoisotopic (exact) mass is 519 g/mol. The first-order valence-corrected chi connectivity index (χ1v) is 12.9. The van der Waals surface area contributed by atoms with Crippen LogP contribution in [-0.2, 0) is 27.2 Å². The molecule has 0 radical (unpaired) electrons. The summed E-state index contributed by atoms with van der Waals surface area (Å²) in [5, 5.41) is 12.5. The molecule has 9 heteroatoms. The van der Waals surface area contributed by atoms with Crippen molar-refractivity contribution in [3.63, 3.8) is 0 Å². The molecule has 2 amide bonds. The van der Waals surface area contributed by atoms with Crippen molar-refractivity contribution in [1.82, 2.24) is 10.2 Å². The van der Waals surface area contributed by atoms with Crippen LogP contribution in [0.2, 0.25) is 0 Å². The minimum absolute atomic E-state index is 0.0101. The van der Waals surface area contributed by atoms with E-state index < -0.39 is 35.5 Å². The van der Waals surface area contributed by atoms with Crippen molar-refractivity contribution in [1.29, 1.82) is 5.26 Å². The number of halogens is 1. The molecule has 1 aliphatic carbocycles. The minimum Gasteiger partial charge on any atom is -0.444 e. The van der Waals surface area contributed by atoms with Crippen LogP contribution >= 0.6 is 0 Å². The molecule has 1 saturated heterocycles. The molecule has 0 spiro atoms. The Morgan fingerprint density at radius 1 is 1.21 bits per heavy atom. The van der Waals surface area contributed by atoms with Crippen molar-refractivity contribution in [3.8, 4) is 22.9 Å². The third-order valence-electron chi connectivity index (χ3n) is 7.36. The topological polar surface area (TPSA) is 109 Å². The maximum atomic E-state index is 15.1. The molecule has 1 saturated carbocycles. The number of ether oxygens (including phenoxy) is 2. The molecule has 1 N–H and O–H groups in total. The zero-order chi connectivity index (χ0) is 27.2. The Balaban J connectivity index is 1.27. The molecule has 5 rings (SSSR count). The van der Waals surface area contributed by atoms with Gasteiger partial charge in [0.25, 0.3) is 0 Å². The first-order valence-electron chi connectivity index (χ1n) is 12.9. The molecule has 2 aromatic rings. The lowest BCUT2D eigenvalue weighted by atomic mass is 9.96. The number of piperidine rings is 1. The Morgan fingerprint density at radius 3 is 2.66 bits per heavy atom. The van der Waals surface area contributed by atoms with Gasteiger partial charge in [0, 0.05) is 18.0 Å². The number of esters is 1. The molecule has 198 valence electrons. The summed E-state index contributed by atoms with van der Waals surface area (Å²) in [4.78, 5) is 39.2. The van der Waals surface area contributed by atoms with E-state index in [2.05, 4.69) is 11.4 Å². The number of nitriles is 1. The number of likely N-dealkylation sites (tertiary alicyclic amines) is 1. The number of carbonyl (C=O) groups excluding carboxylic acids is 3. The van der Waals surface area contributed by atoms with Crippen LogP contribution in [0.5, 0.6) is 5.75 Å². The molecular formula is C29H30FN3O5. The van der Waals surface area contributed by atoms with Crippen LogP contribution < -0.4 is 10.1 Å². The Morgan fingerprint density at radius 2 is 1.95 bits per heavy atom. The lowest BCUT2D eigenvalue weighted by molar-refractivity contribution is -0.132. The quantitative estimate of drug-likeness (QED) is 0.466. The van der Waals surface area contributed by atoms with E-state index in [-0.39, 0.29) is 36.3 Å². The predicted molar refractivity (Wildman–Crippen MR) is 135 cm³/mol. The smallest absolute Gasteiger partial charge is 0.411 e. The van der Waals surface area contributed by atoms with E-state index in [9.17, 15) is 19.6 Å². The number of amides is 2. The van der Waals surface area contributed by atoms with Crippen molar-refractivity contribution >= 4 is 18.0 Å². The molecule has 2 bridgehead atoms. The average Bonchev–Trinajstić information content (AvgIpc) is 3.56. The molecule has 4 atom stereocenters. The summed E-state index contributed by atoms with van der Waals surface area (Å²) in [6.07, 6.45) is 2.02. The molecule has 2 fully saturated rings. The first-order chi connectivity index (χ1) is 18.0. The minimum atomic E-state index is -0.967. The highest BCUT2D eigenvalue weighted by Gasteiger charge is 2.52. The average molecular weight is 520 g/mol. The Hall–Kier alpha value is -3.93. The van der Waals surface area contributed by atoms with Crippen LogP contribution in [0, 0.1) is 23.1 Å². The standard InChI is InChI=1S/C29H30FN3O5/c1-29(2,3)38-28(36)33-22-8-6-19(12-22)26(33)27(35)32-21(15-31)11-18-5-4-17(13-23(18)30)16-7-9-24-20(10-16)14-25(34)37-24/h4-5,7,9-10,13,19,21-22,26H,6,8,11-12,14H2,1-3H3,(H,32,35). The molecule has 3 aliphatic rings. The SMILES string of the molecule is CC(C)(C)OC(=O)N1C2CCC(C2)C1C(=O)NC(C#N)Cc1ccc(-c2ccc3c(c2)CC(=O)O3)cc1F. The van der Waals surface area contributed by atoms with Crippen LogP contribution in [0.1, 0.15) is 51.2 Å². The number of hydrogen-bond acceptors (Lipinski definition) is 6. The summed E-state index contributed by atoms with van der Waals surface area (Å²) in [6, 6.07) is 10.3. The fourth-order valence-corrected chi connectivity index (χ4v) is 5.71. The van der Waals surface area contributed by atoms with Crippen LogP contribution in [-0.4, -0.2) is 46.6 Å². The first kappa shape index (κ1) is 25.7. The number of rotatable bonds is 5. The van der Waals surface area contributed by atoms with Crippen LogP contribution in [0.3, 0.4) is 0 Å². The number of nitrogens with zero attached hydrogens (tertiary/aromatic N) is 2. The highest BCUT2D eigenvalue weighted by molar-refractivity contribution is 5.87. The van der Waals surface area contributed by atoms with E-state index in [0.717, 1.165) is 30.4 Å². The maximum absolute atomic E-state index is 15.1. The zero-order valence-corrected chi connectivity index (χ0v) is 21.6. The third-order valence-corrected chi connectivity index (χ3v) is 7.36. The normalized spacial score (nSPS) is 22.4. The second kappa shape index (κ2) is 9.75. The van der Waals surface area contributed by atoms with Gasteiger partial charge in [-0.25, -0.2) is 9.18 Å². The summed E-state index contributed by atoms with van der Waals surface area (Å²) in [5.41, 5.74) is 1.73. The van der Waals surface area contributed by atoms with Crippen molar-refractivity contribution in [2.75, 3.05) is 0 Å².